The van der Waals surface area contributed by atoms with Gasteiger partial charge >= 0.3 is 5.97 Å². The summed E-state index contributed by atoms with van der Waals surface area (Å²) < 4.78 is 1.37. The molecule has 0 fully saturated rings. The zero-order valence-corrected chi connectivity index (χ0v) is 11.8. The van der Waals surface area contributed by atoms with Gasteiger partial charge in [0, 0.05) is 23.8 Å². The first-order valence-electron chi connectivity index (χ1n) is 6.08. The van der Waals surface area contributed by atoms with Crippen LogP contribution in [-0.4, -0.2) is 49.3 Å². The summed E-state index contributed by atoms with van der Waals surface area (Å²) in [6.07, 6.45) is 4.66. The molecular formula is C12H13N5O3S. The Labute approximate surface area is 124 Å². The summed E-state index contributed by atoms with van der Waals surface area (Å²) in [4.78, 5) is 27.1. The molecule has 21 heavy (non-hydrogen) atoms. The Bertz CT molecular complexity index is 616. The van der Waals surface area contributed by atoms with Gasteiger partial charge in [-0.3, -0.25) is 9.78 Å². The standard InChI is InChI=1S/C12H13N5O3S/c18-11(8-21-9-1-3-13-4-2-9)14-5-6-17-7-10(12(19)20)15-16-17/h1-4,7H,5-6,8H2,(H,14,18)(H,19,20). The monoisotopic (exact) mass is 307 g/mol. The van der Waals surface area contributed by atoms with Gasteiger partial charge < -0.3 is 10.4 Å². The van der Waals surface area contributed by atoms with E-state index >= 15 is 0 Å². The number of aromatic carboxylic acids is 1. The molecule has 0 unspecified atom stereocenters. The lowest BCUT2D eigenvalue weighted by molar-refractivity contribution is -0.118. The number of rotatable bonds is 7. The first-order chi connectivity index (χ1) is 10.1. The maximum absolute atomic E-state index is 11.6. The number of carbonyl (C=O) groups is 2. The molecule has 1 amide bonds. The predicted octanol–water partition coefficient (Wildman–Crippen LogP) is 0.280. The van der Waals surface area contributed by atoms with Crippen molar-refractivity contribution in [3.63, 3.8) is 0 Å². The molecule has 2 rings (SSSR count). The molecule has 2 aromatic heterocycles. The number of hydrogen-bond acceptors (Lipinski definition) is 6. The zero-order chi connectivity index (χ0) is 15.1. The minimum absolute atomic E-state index is 0.101. The fraction of sp³-hybridized carbons (Fsp3) is 0.250. The van der Waals surface area contributed by atoms with E-state index in [-0.39, 0.29) is 11.6 Å². The molecule has 0 bridgehead atoms. The van der Waals surface area contributed by atoms with Crippen molar-refractivity contribution in [2.75, 3.05) is 12.3 Å². The topological polar surface area (TPSA) is 110 Å². The second kappa shape index (κ2) is 7.39. The van der Waals surface area contributed by atoms with E-state index in [0.717, 1.165) is 4.90 Å². The normalized spacial score (nSPS) is 10.3. The first-order valence-corrected chi connectivity index (χ1v) is 7.06. The van der Waals surface area contributed by atoms with Gasteiger partial charge in [-0.05, 0) is 12.1 Å². The highest BCUT2D eigenvalue weighted by Crippen LogP contribution is 2.15. The van der Waals surface area contributed by atoms with Crippen LogP contribution in [0.25, 0.3) is 0 Å². The van der Waals surface area contributed by atoms with E-state index in [1.54, 1.807) is 12.4 Å². The molecule has 0 aromatic carbocycles. The third-order valence-electron chi connectivity index (χ3n) is 2.44. The third-order valence-corrected chi connectivity index (χ3v) is 3.45. The van der Waals surface area contributed by atoms with E-state index in [9.17, 15) is 9.59 Å². The van der Waals surface area contributed by atoms with Crippen molar-refractivity contribution in [3.8, 4) is 0 Å². The van der Waals surface area contributed by atoms with Gasteiger partial charge in [-0.25, -0.2) is 9.48 Å². The maximum Gasteiger partial charge on any atom is 0.358 e. The second-order valence-corrected chi connectivity index (χ2v) is 5.04. The molecular weight excluding hydrogens is 294 g/mol. The van der Waals surface area contributed by atoms with Crippen molar-refractivity contribution >= 4 is 23.6 Å². The summed E-state index contributed by atoms with van der Waals surface area (Å²) in [6, 6.07) is 3.67. The van der Waals surface area contributed by atoms with E-state index < -0.39 is 5.97 Å². The van der Waals surface area contributed by atoms with Gasteiger partial charge in [0.15, 0.2) is 5.69 Å². The number of thioether (sulfide) groups is 1. The number of carboxylic acid groups (broad SMARTS) is 1. The summed E-state index contributed by atoms with van der Waals surface area (Å²) in [6.45, 7) is 0.726. The van der Waals surface area contributed by atoms with Crippen LogP contribution < -0.4 is 5.32 Å². The van der Waals surface area contributed by atoms with Gasteiger partial charge in [0.2, 0.25) is 5.91 Å². The number of amides is 1. The Morgan fingerprint density at radius 2 is 2.10 bits per heavy atom. The van der Waals surface area contributed by atoms with E-state index in [4.69, 9.17) is 5.11 Å². The molecule has 110 valence electrons. The van der Waals surface area contributed by atoms with Crippen molar-refractivity contribution in [2.45, 2.75) is 11.4 Å². The number of carboxylic acids is 1. The van der Waals surface area contributed by atoms with Crippen LogP contribution in [0.15, 0.2) is 35.6 Å². The molecule has 9 heteroatoms. The Kier molecular flexibility index (Phi) is 5.27. The van der Waals surface area contributed by atoms with Gasteiger partial charge in [-0.15, -0.1) is 16.9 Å². The van der Waals surface area contributed by atoms with Crippen molar-refractivity contribution in [1.82, 2.24) is 25.3 Å². The number of aromatic nitrogens is 4. The Balaban J connectivity index is 1.68. The Hall–Kier alpha value is -2.42. The number of pyridine rings is 1. The number of nitrogens with zero attached hydrogens (tertiary/aromatic N) is 4. The summed E-state index contributed by atoms with van der Waals surface area (Å²) in [7, 11) is 0. The summed E-state index contributed by atoms with van der Waals surface area (Å²) in [5.41, 5.74) is -0.116. The second-order valence-electron chi connectivity index (χ2n) is 3.99. The third kappa shape index (κ3) is 4.88. The molecule has 0 saturated heterocycles. The van der Waals surface area contributed by atoms with Crippen LogP contribution in [0.3, 0.4) is 0 Å². The Morgan fingerprint density at radius 1 is 1.33 bits per heavy atom. The van der Waals surface area contributed by atoms with Crippen molar-refractivity contribution in [1.29, 1.82) is 0 Å². The van der Waals surface area contributed by atoms with Crippen LogP contribution in [-0.2, 0) is 11.3 Å². The van der Waals surface area contributed by atoms with E-state index in [1.165, 1.54) is 22.6 Å². The van der Waals surface area contributed by atoms with E-state index in [1.807, 2.05) is 12.1 Å². The van der Waals surface area contributed by atoms with Crippen LogP contribution in [0, 0.1) is 0 Å². The lowest BCUT2D eigenvalue weighted by Crippen LogP contribution is -2.28. The highest BCUT2D eigenvalue weighted by molar-refractivity contribution is 8.00. The summed E-state index contributed by atoms with van der Waals surface area (Å²) in [5, 5.41) is 18.6. The molecule has 0 aliphatic rings. The van der Waals surface area contributed by atoms with E-state index in [0.29, 0.717) is 18.8 Å². The minimum atomic E-state index is -1.13. The average molecular weight is 307 g/mol. The molecule has 2 N–H and O–H groups in total. The van der Waals surface area contributed by atoms with Crippen molar-refractivity contribution in [3.05, 3.63) is 36.4 Å². The van der Waals surface area contributed by atoms with Crippen molar-refractivity contribution < 1.29 is 14.7 Å². The lowest BCUT2D eigenvalue weighted by Gasteiger charge is -2.04. The number of nitrogens with one attached hydrogen (secondary N) is 1. The number of carbonyl (C=O) groups excluding carboxylic acids is 1. The van der Waals surface area contributed by atoms with Gasteiger partial charge in [-0.1, -0.05) is 5.21 Å². The number of hydrogen-bond donors (Lipinski definition) is 2. The van der Waals surface area contributed by atoms with Crippen LogP contribution in [0.5, 0.6) is 0 Å². The fourth-order valence-corrected chi connectivity index (χ4v) is 2.16. The smallest absolute Gasteiger partial charge is 0.358 e. The zero-order valence-electron chi connectivity index (χ0n) is 11.0. The molecule has 2 aromatic rings. The molecule has 0 aliphatic heterocycles. The first kappa shape index (κ1) is 15.0. The SMILES string of the molecule is O=C(CSc1ccncc1)NCCn1cc(C(=O)O)nn1. The largest absolute Gasteiger partial charge is 0.476 e. The van der Waals surface area contributed by atoms with Gasteiger partial charge in [-0.2, -0.15) is 0 Å². The lowest BCUT2D eigenvalue weighted by atomic mass is 10.5. The quantitative estimate of drug-likeness (QED) is 0.707. The molecule has 8 nitrogen and oxygen atoms in total. The molecule has 0 atom stereocenters. The molecule has 0 aliphatic carbocycles. The molecule has 2 heterocycles. The maximum atomic E-state index is 11.6. The van der Waals surface area contributed by atoms with Crippen LogP contribution in [0.4, 0.5) is 0 Å². The molecule has 0 spiro atoms. The van der Waals surface area contributed by atoms with Gasteiger partial charge in [0.25, 0.3) is 0 Å². The highest BCUT2D eigenvalue weighted by atomic mass is 32.2. The van der Waals surface area contributed by atoms with Gasteiger partial charge in [0.05, 0.1) is 18.5 Å². The average Bonchev–Trinajstić information content (AvgIpc) is 2.95. The highest BCUT2D eigenvalue weighted by Gasteiger charge is 2.08. The fourth-order valence-electron chi connectivity index (χ4n) is 1.45. The Morgan fingerprint density at radius 3 is 2.76 bits per heavy atom. The summed E-state index contributed by atoms with van der Waals surface area (Å²) in [5.74, 6) is -0.920. The van der Waals surface area contributed by atoms with Crippen LogP contribution in [0.1, 0.15) is 10.5 Å². The van der Waals surface area contributed by atoms with Crippen molar-refractivity contribution in [2.24, 2.45) is 0 Å². The van der Waals surface area contributed by atoms with Crippen LogP contribution in [0.2, 0.25) is 0 Å². The molecule has 0 saturated carbocycles. The molecule has 0 radical (unpaired) electrons. The summed E-state index contributed by atoms with van der Waals surface area (Å²) >= 11 is 1.42. The minimum Gasteiger partial charge on any atom is -0.476 e. The van der Waals surface area contributed by atoms with Gasteiger partial charge in [0.1, 0.15) is 0 Å². The predicted molar refractivity (Wildman–Crippen MR) is 75.0 cm³/mol. The van der Waals surface area contributed by atoms with Crippen LogP contribution >= 0.6 is 11.8 Å². The van der Waals surface area contributed by atoms with E-state index in [2.05, 4.69) is 20.6 Å².